The van der Waals surface area contributed by atoms with Gasteiger partial charge >= 0.3 is 0 Å². The molecular weight excluding hydrogens is 214 g/mol. The Morgan fingerprint density at radius 1 is 1.29 bits per heavy atom. The standard InChI is InChI=1S/C13H27N3O/c1-12(11-16-9-4-3-5-10-16)15-8-6-7-13(17)14-2/h12,15H,3-11H2,1-2H3,(H,14,17). The van der Waals surface area contributed by atoms with E-state index in [0.29, 0.717) is 12.5 Å². The molecule has 4 nitrogen and oxygen atoms in total. The summed E-state index contributed by atoms with van der Waals surface area (Å²) >= 11 is 0. The third-order valence-corrected chi connectivity index (χ3v) is 3.33. The molecule has 0 aromatic carbocycles. The molecule has 0 aliphatic carbocycles. The van der Waals surface area contributed by atoms with Crippen LogP contribution in [0.3, 0.4) is 0 Å². The molecule has 1 heterocycles. The number of nitrogens with zero attached hydrogens (tertiary/aromatic N) is 1. The van der Waals surface area contributed by atoms with E-state index in [2.05, 4.69) is 22.5 Å². The van der Waals surface area contributed by atoms with Gasteiger partial charge in [-0.15, -0.1) is 0 Å². The number of carbonyl (C=O) groups excluding carboxylic acids is 1. The number of amides is 1. The summed E-state index contributed by atoms with van der Waals surface area (Å²) in [5, 5.41) is 6.13. The van der Waals surface area contributed by atoms with Gasteiger partial charge < -0.3 is 15.5 Å². The van der Waals surface area contributed by atoms with Crippen LogP contribution in [0, 0.1) is 0 Å². The van der Waals surface area contributed by atoms with E-state index in [1.54, 1.807) is 7.05 Å². The summed E-state index contributed by atoms with van der Waals surface area (Å²) < 4.78 is 0. The molecule has 0 aromatic rings. The van der Waals surface area contributed by atoms with Crippen LogP contribution in [0.2, 0.25) is 0 Å². The Kier molecular flexibility index (Phi) is 7.21. The minimum absolute atomic E-state index is 0.135. The molecule has 1 atom stereocenters. The molecule has 1 rings (SSSR count). The first-order chi connectivity index (χ1) is 8.22. The lowest BCUT2D eigenvalue weighted by atomic mass is 10.1. The predicted molar refractivity (Wildman–Crippen MR) is 71.1 cm³/mol. The van der Waals surface area contributed by atoms with E-state index in [0.717, 1.165) is 19.5 Å². The fourth-order valence-electron chi connectivity index (χ4n) is 2.32. The normalized spacial score (nSPS) is 18.9. The zero-order valence-corrected chi connectivity index (χ0v) is 11.3. The topological polar surface area (TPSA) is 44.4 Å². The summed E-state index contributed by atoms with van der Waals surface area (Å²) in [5.41, 5.74) is 0. The predicted octanol–water partition coefficient (Wildman–Crippen LogP) is 0.977. The number of hydrogen-bond donors (Lipinski definition) is 2. The van der Waals surface area contributed by atoms with Crippen LogP contribution in [0.4, 0.5) is 0 Å². The van der Waals surface area contributed by atoms with E-state index < -0.39 is 0 Å². The van der Waals surface area contributed by atoms with Crippen LogP contribution in [0.15, 0.2) is 0 Å². The molecule has 2 N–H and O–H groups in total. The molecule has 100 valence electrons. The Balaban J connectivity index is 2.00. The zero-order valence-electron chi connectivity index (χ0n) is 11.3. The average Bonchev–Trinajstić information content (AvgIpc) is 2.35. The number of rotatable bonds is 7. The van der Waals surface area contributed by atoms with Gasteiger partial charge in [0.1, 0.15) is 0 Å². The van der Waals surface area contributed by atoms with E-state index >= 15 is 0 Å². The molecule has 1 fully saturated rings. The molecule has 0 spiro atoms. The van der Waals surface area contributed by atoms with Crippen molar-refractivity contribution in [2.75, 3.05) is 33.2 Å². The van der Waals surface area contributed by atoms with Gasteiger partial charge in [0.05, 0.1) is 0 Å². The Morgan fingerprint density at radius 2 is 2.00 bits per heavy atom. The first-order valence-electron chi connectivity index (χ1n) is 6.88. The van der Waals surface area contributed by atoms with Crippen molar-refractivity contribution in [3.8, 4) is 0 Å². The molecule has 1 amide bonds. The Hall–Kier alpha value is -0.610. The summed E-state index contributed by atoms with van der Waals surface area (Å²) in [4.78, 5) is 13.6. The summed E-state index contributed by atoms with van der Waals surface area (Å²) in [6.07, 6.45) is 5.64. The summed E-state index contributed by atoms with van der Waals surface area (Å²) in [6, 6.07) is 0.526. The molecule has 0 saturated carbocycles. The number of carbonyl (C=O) groups is 1. The van der Waals surface area contributed by atoms with Crippen molar-refractivity contribution in [3.05, 3.63) is 0 Å². The van der Waals surface area contributed by atoms with Gasteiger partial charge in [-0.25, -0.2) is 0 Å². The van der Waals surface area contributed by atoms with Crippen LogP contribution in [0.1, 0.15) is 39.0 Å². The van der Waals surface area contributed by atoms with E-state index in [1.165, 1.54) is 32.4 Å². The van der Waals surface area contributed by atoms with Gasteiger partial charge in [-0.3, -0.25) is 4.79 Å². The maximum Gasteiger partial charge on any atom is 0.219 e. The highest BCUT2D eigenvalue weighted by molar-refractivity contribution is 5.75. The fourth-order valence-corrected chi connectivity index (χ4v) is 2.32. The quantitative estimate of drug-likeness (QED) is 0.653. The number of nitrogens with one attached hydrogen (secondary N) is 2. The van der Waals surface area contributed by atoms with E-state index in [9.17, 15) is 4.79 Å². The summed E-state index contributed by atoms with van der Waals surface area (Å²) in [5.74, 6) is 0.135. The minimum Gasteiger partial charge on any atom is -0.359 e. The summed E-state index contributed by atoms with van der Waals surface area (Å²) in [6.45, 7) is 6.81. The van der Waals surface area contributed by atoms with Gasteiger partial charge in [-0.1, -0.05) is 6.42 Å². The lowest BCUT2D eigenvalue weighted by molar-refractivity contribution is -0.120. The van der Waals surface area contributed by atoms with Gasteiger partial charge in [0.15, 0.2) is 0 Å². The van der Waals surface area contributed by atoms with Crippen LogP contribution < -0.4 is 10.6 Å². The molecule has 1 aliphatic rings. The largest absolute Gasteiger partial charge is 0.359 e. The second-order valence-electron chi connectivity index (χ2n) is 4.99. The van der Waals surface area contributed by atoms with Crippen molar-refractivity contribution < 1.29 is 4.79 Å². The van der Waals surface area contributed by atoms with E-state index in [-0.39, 0.29) is 5.91 Å². The third kappa shape index (κ3) is 6.64. The molecule has 17 heavy (non-hydrogen) atoms. The monoisotopic (exact) mass is 241 g/mol. The van der Waals surface area contributed by atoms with Crippen molar-refractivity contribution in [2.45, 2.75) is 45.1 Å². The molecule has 0 aromatic heterocycles. The Morgan fingerprint density at radius 3 is 2.65 bits per heavy atom. The second kappa shape index (κ2) is 8.48. The van der Waals surface area contributed by atoms with Crippen molar-refractivity contribution in [1.82, 2.24) is 15.5 Å². The smallest absolute Gasteiger partial charge is 0.219 e. The van der Waals surface area contributed by atoms with Gasteiger partial charge in [-0.05, 0) is 45.8 Å². The molecular formula is C13H27N3O. The van der Waals surface area contributed by atoms with Gasteiger partial charge in [-0.2, -0.15) is 0 Å². The maximum absolute atomic E-state index is 11.0. The lowest BCUT2D eigenvalue weighted by Gasteiger charge is -2.29. The Bertz CT molecular complexity index is 215. The molecule has 1 unspecified atom stereocenters. The highest BCUT2D eigenvalue weighted by Gasteiger charge is 2.12. The highest BCUT2D eigenvalue weighted by Crippen LogP contribution is 2.08. The van der Waals surface area contributed by atoms with Crippen molar-refractivity contribution in [1.29, 1.82) is 0 Å². The molecule has 1 aliphatic heterocycles. The van der Waals surface area contributed by atoms with Gasteiger partial charge in [0.25, 0.3) is 0 Å². The van der Waals surface area contributed by atoms with Crippen molar-refractivity contribution in [3.63, 3.8) is 0 Å². The summed E-state index contributed by atoms with van der Waals surface area (Å²) in [7, 11) is 1.69. The van der Waals surface area contributed by atoms with Crippen molar-refractivity contribution in [2.24, 2.45) is 0 Å². The lowest BCUT2D eigenvalue weighted by Crippen LogP contribution is -2.41. The zero-order chi connectivity index (χ0) is 12.5. The van der Waals surface area contributed by atoms with Crippen LogP contribution >= 0.6 is 0 Å². The highest BCUT2D eigenvalue weighted by atomic mass is 16.1. The second-order valence-corrected chi connectivity index (χ2v) is 4.99. The van der Waals surface area contributed by atoms with Crippen molar-refractivity contribution >= 4 is 5.91 Å². The van der Waals surface area contributed by atoms with Crippen LogP contribution in [0.5, 0.6) is 0 Å². The first-order valence-corrected chi connectivity index (χ1v) is 6.88. The molecule has 1 saturated heterocycles. The van der Waals surface area contributed by atoms with Gasteiger partial charge in [0.2, 0.25) is 5.91 Å². The van der Waals surface area contributed by atoms with Crippen LogP contribution in [-0.4, -0.2) is 50.1 Å². The van der Waals surface area contributed by atoms with Crippen LogP contribution in [0.25, 0.3) is 0 Å². The molecule has 0 radical (unpaired) electrons. The Labute approximate surface area is 105 Å². The first kappa shape index (κ1) is 14.5. The molecule has 0 bridgehead atoms. The van der Waals surface area contributed by atoms with E-state index in [4.69, 9.17) is 0 Å². The van der Waals surface area contributed by atoms with E-state index in [1.807, 2.05) is 0 Å². The number of likely N-dealkylation sites (tertiary alicyclic amines) is 1. The maximum atomic E-state index is 11.0. The number of piperidine rings is 1. The molecule has 4 heteroatoms. The van der Waals surface area contributed by atoms with Gasteiger partial charge in [0, 0.05) is 26.1 Å². The average molecular weight is 241 g/mol. The SMILES string of the molecule is CNC(=O)CCCNC(C)CN1CCCCC1. The number of hydrogen-bond acceptors (Lipinski definition) is 3. The third-order valence-electron chi connectivity index (χ3n) is 3.33. The van der Waals surface area contributed by atoms with Crippen LogP contribution in [-0.2, 0) is 4.79 Å². The minimum atomic E-state index is 0.135. The fraction of sp³-hybridized carbons (Fsp3) is 0.923.